The van der Waals surface area contributed by atoms with Gasteiger partial charge in [-0.25, -0.2) is 9.37 Å². The van der Waals surface area contributed by atoms with Crippen molar-refractivity contribution in [3.05, 3.63) is 86.0 Å². The van der Waals surface area contributed by atoms with Crippen molar-refractivity contribution in [1.82, 2.24) is 9.55 Å². The zero-order valence-electron chi connectivity index (χ0n) is 16.2. The molecule has 0 aliphatic carbocycles. The molecule has 0 atom stereocenters. The van der Waals surface area contributed by atoms with Crippen LogP contribution in [0.4, 0.5) is 10.1 Å². The fourth-order valence-corrected chi connectivity index (χ4v) is 4.72. The normalized spacial score (nSPS) is 11.0. The Morgan fingerprint density at radius 2 is 2.03 bits per heavy atom. The summed E-state index contributed by atoms with van der Waals surface area (Å²) in [7, 11) is 0. The molecule has 0 spiro atoms. The van der Waals surface area contributed by atoms with Crippen LogP contribution in [-0.2, 0) is 17.8 Å². The summed E-state index contributed by atoms with van der Waals surface area (Å²) in [5.41, 5.74) is 0.483. The maximum atomic E-state index is 13.9. The molecule has 0 saturated carbocycles. The Kier molecular flexibility index (Phi) is 6.70. The first-order valence-corrected chi connectivity index (χ1v) is 11.7. The topological polar surface area (TPSA) is 64.0 Å². The van der Waals surface area contributed by atoms with Crippen molar-refractivity contribution in [3.8, 4) is 0 Å². The number of aromatic nitrogens is 2. The molecule has 4 aromatic rings. The predicted molar refractivity (Wildman–Crippen MR) is 125 cm³/mol. The van der Waals surface area contributed by atoms with Gasteiger partial charge in [0.2, 0.25) is 5.91 Å². The summed E-state index contributed by atoms with van der Waals surface area (Å²) in [6.45, 7) is 0.451. The number of nitrogens with zero attached hydrogens (tertiary/aromatic N) is 2. The number of halogens is 2. The van der Waals surface area contributed by atoms with Crippen molar-refractivity contribution in [2.45, 2.75) is 18.1 Å². The molecule has 2 aromatic carbocycles. The Hall–Kier alpha value is -2.68. The third-order valence-corrected chi connectivity index (χ3v) is 6.67. The van der Waals surface area contributed by atoms with Crippen molar-refractivity contribution in [2.75, 3.05) is 11.1 Å². The molecule has 0 radical (unpaired) electrons. The lowest BCUT2D eigenvalue weighted by molar-refractivity contribution is -0.113. The number of para-hydroxylation sites is 1. The number of thioether (sulfide) groups is 1. The molecule has 31 heavy (non-hydrogen) atoms. The summed E-state index contributed by atoms with van der Waals surface area (Å²) >= 11 is 8.52. The molecule has 0 aliphatic rings. The van der Waals surface area contributed by atoms with Crippen LogP contribution in [-0.4, -0.2) is 21.2 Å². The number of benzene rings is 2. The van der Waals surface area contributed by atoms with Gasteiger partial charge < -0.3 is 5.32 Å². The molecule has 4 rings (SSSR count). The van der Waals surface area contributed by atoms with Gasteiger partial charge >= 0.3 is 0 Å². The third kappa shape index (κ3) is 5.15. The molecule has 158 valence electrons. The van der Waals surface area contributed by atoms with Gasteiger partial charge in [-0.1, -0.05) is 41.6 Å². The number of rotatable bonds is 7. The number of hydrogen-bond donors (Lipinski definition) is 1. The Balaban J connectivity index is 1.55. The maximum absolute atomic E-state index is 13.9. The molecule has 0 fully saturated rings. The van der Waals surface area contributed by atoms with E-state index in [1.807, 2.05) is 23.6 Å². The fourth-order valence-electron chi connectivity index (χ4n) is 3.04. The van der Waals surface area contributed by atoms with Crippen LogP contribution in [0, 0.1) is 5.82 Å². The van der Waals surface area contributed by atoms with Crippen molar-refractivity contribution < 1.29 is 9.18 Å². The van der Waals surface area contributed by atoms with Crippen LogP contribution in [0.1, 0.15) is 4.88 Å². The van der Waals surface area contributed by atoms with E-state index in [4.69, 9.17) is 11.6 Å². The molecule has 5 nitrogen and oxygen atoms in total. The zero-order chi connectivity index (χ0) is 21.8. The zero-order valence-corrected chi connectivity index (χ0v) is 18.6. The van der Waals surface area contributed by atoms with E-state index in [0.29, 0.717) is 29.0 Å². The highest BCUT2D eigenvalue weighted by atomic mass is 35.5. The highest BCUT2D eigenvalue weighted by Gasteiger charge is 2.14. The van der Waals surface area contributed by atoms with Crippen LogP contribution < -0.4 is 10.9 Å². The molecule has 0 aliphatic heterocycles. The fraction of sp³-hybridized carbons (Fsp3) is 0.136. The number of anilines is 1. The minimum absolute atomic E-state index is 0.0220. The van der Waals surface area contributed by atoms with Gasteiger partial charge in [0.05, 0.1) is 22.3 Å². The molecular weight excluding hydrogens is 457 g/mol. The number of thiophene rings is 1. The van der Waals surface area contributed by atoms with Gasteiger partial charge in [0.15, 0.2) is 5.16 Å². The van der Waals surface area contributed by atoms with Crippen LogP contribution in [0.2, 0.25) is 5.02 Å². The molecule has 0 saturated heterocycles. The molecular formula is C22H17ClFN3O2S2. The number of amides is 1. The van der Waals surface area contributed by atoms with E-state index in [0.717, 1.165) is 22.7 Å². The monoisotopic (exact) mass is 473 g/mol. The molecule has 1 amide bonds. The van der Waals surface area contributed by atoms with E-state index in [1.165, 1.54) is 12.1 Å². The summed E-state index contributed by atoms with van der Waals surface area (Å²) < 4.78 is 15.5. The summed E-state index contributed by atoms with van der Waals surface area (Å²) in [5.74, 6) is -1.03. The van der Waals surface area contributed by atoms with Crippen molar-refractivity contribution >= 4 is 57.2 Å². The van der Waals surface area contributed by atoms with E-state index in [-0.39, 0.29) is 22.0 Å². The summed E-state index contributed by atoms with van der Waals surface area (Å²) in [6.07, 6.45) is 0.688. The quantitative estimate of drug-likeness (QED) is 0.295. The third-order valence-electron chi connectivity index (χ3n) is 4.53. The van der Waals surface area contributed by atoms with Crippen LogP contribution in [0.15, 0.2) is 69.9 Å². The van der Waals surface area contributed by atoms with Gasteiger partial charge in [-0.15, -0.1) is 11.3 Å². The van der Waals surface area contributed by atoms with Gasteiger partial charge in [-0.3, -0.25) is 14.2 Å². The number of aryl methyl sites for hydroxylation is 1. The highest BCUT2D eigenvalue weighted by Crippen LogP contribution is 2.22. The van der Waals surface area contributed by atoms with E-state index in [1.54, 1.807) is 34.1 Å². The summed E-state index contributed by atoms with van der Waals surface area (Å²) in [4.78, 5) is 31.2. The molecule has 0 bridgehead atoms. The standard InChI is InChI=1S/C22H17ClFN3O2S2/c23-14-7-8-19(17(24)12-14)25-20(28)13-31-22-26-18-6-2-1-5-16(18)21(29)27(22)10-9-15-4-3-11-30-15/h1-8,11-12H,9-10,13H2,(H,25,28). The largest absolute Gasteiger partial charge is 0.323 e. The lowest BCUT2D eigenvalue weighted by atomic mass is 10.2. The van der Waals surface area contributed by atoms with Crippen LogP contribution in [0.3, 0.4) is 0 Å². The maximum Gasteiger partial charge on any atom is 0.262 e. The van der Waals surface area contributed by atoms with Crippen molar-refractivity contribution in [3.63, 3.8) is 0 Å². The van der Waals surface area contributed by atoms with E-state index in [9.17, 15) is 14.0 Å². The SMILES string of the molecule is O=C(CSc1nc2ccccc2c(=O)n1CCc1cccs1)Nc1ccc(Cl)cc1F. The number of carbonyl (C=O) groups is 1. The van der Waals surface area contributed by atoms with Gasteiger partial charge in [0, 0.05) is 16.4 Å². The lowest BCUT2D eigenvalue weighted by Gasteiger charge is -2.13. The average Bonchev–Trinajstić information content (AvgIpc) is 3.27. The predicted octanol–water partition coefficient (Wildman–Crippen LogP) is 5.22. The van der Waals surface area contributed by atoms with Crippen molar-refractivity contribution in [1.29, 1.82) is 0 Å². The summed E-state index contributed by atoms with van der Waals surface area (Å²) in [5, 5.41) is 5.75. The second kappa shape index (κ2) is 9.64. The molecule has 1 N–H and O–H groups in total. The smallest absolute Gasteiger partial charge is 0.262 e. The first kappa shape index (κ1) is 21.5. The van der Waals surface area contributed by atoms with Crippen LogP contribution >= 0.6 is 34.7 Å². The van der Waals surface area contributed by atoms with E-state index < -0.39 is 11.7 Å². The summed E-state index contributed by atoms with van der Waals surface area (Å²) in [6, 6.07) is 15.2. The minimum atomic E-state index is -0.609. The Labute approximate surface area is 190 Å². The van der Waals surface area contributed by atoms with Crippen LogP contribution in [0.5, 0.6) is 0 Å². The van der Waals surface area contributed by atoms with Crippen molar-refractivity contribution in [2.24, 2.45) is 0 Å². The van der Waals surface area contributed by atoms with E-state index in [2.05, 4.69) is 10.3 Å². The van der Waals surface area contributed by atoms with Gasteiger partial charge in [-0.2, -0.15) is 0 Å². The Morgan fingerprint density at radius 1 is 1.19 bits per heavy atom. The Bertz CT molecular complexity index is 1290. The van der Waals surface area contributed by atoms with Gasteiger partial charge in [-0.05, 0) is 48.2 Å². The minimum Gasteiger partial charge on any atom is -0.323 e. The molecule has 9 heteroatoms. The molecule has 0 unspecified atom stereocenters. The van der Waals surface area contributed by atoms with E-state index >= 15 is 0 Å². The van der Waals surface area contributed by atoms with Crippen LogP contribution in [0.25, 0.3) is 10.9 Å². The average molecular weight is 474 g/mol. The van der Waals surface area contributed by atoms with Gasteiger partial charge in [0.1, 0.15) is 5.82 Å². The lowest BCUT2D eigenvalue weighted by Crippen LogP contribution is -2.25. The number of carbonyl (C=O) groups excluding carboxylic acids is 1. The second-order valence-electron chi connectivity index (χ2n) is 6.66. The second-order valence-corrected chi connectivity index (χ2v) is 9.07. The molecule has 2 aromatic heterocycles. The first-order chi connectivity index (χ1) is 15.0. The number of hydrogen-bond acceptors (Lipinski definition) is 5. The highest BCUT2D eigenvalue weighted by molar-refractivity contribution is 7.99. The first-order valence-electron chi connectivity index (χ1n) is 9.41. The van der Waals surface area contributed by atoms with Gasteiger partial charge in [0.25, 0.3) is 5.56 Å². The molecule has 2 heterocycles. The Morgan fingerprint density at radius 3 is 2.81 bits per heavy atom. The number of fused-ring (bicyclic) bond motifs is 1. The number of nitrogens with one attached hydrogen (secondary N) is 1.